The van der Waals surface area contributed by atoms with E-state index in [4.69, 9.17) is 4.74 Å². The summed E-state index contributed by atoms with van der Waals surface area (Å²) in [7, 11) is 0. The zero-order valence-electron chi connectivity index (χ0n) is 17.6. The molecule has 0 fully saturated rings. The van der Waals surface area contributed by atoms with Crippen LogP contribution in [0.1, 0.15) is 24.3 Å². The number of rotatable bonds is 8. The van der Waals surface area contributed by atoms with Gasteiger partial charge in [-0.15, -0.1) is 11.3 Å². The molecule has 31 heavy (non-hydrogen) atoms. The highest BCUT2D eigenvalue weighted by Crippen LogP contribution is 2.37. The molecule has 0 atom stereocenters. The van der Waals surface area contributed by atoms with Crippen molar-refractivity contribution in [3.05, 3.63) is 88.2 Å². The molecule has 2 amide bonds. The molecule has 158 valence electrons. The van der Waals surface area contributed by atoms with Crippen LogP contribution >= 0.6 is 11.3 Å². The zero-order chi connectivity index (χ0) is 21.8. The topological polar surface area (TPSA) is 49.9 Å². The van der Waals surface area contributed by atoms with Gasteiger partial charge in [-0.1, -0.05) is 36.4 Å². The van der Waals surface area contributed by atoms with Gasteiger partial charge in [0.15, 0.2) is 0 Å². The fourth-order valence-electron chi connectivity index (χ4n) is 3.70. The number of amides is 2. The first kappa shape index (κ1) is 20.9. The third-order valence-corrected chi connectivity index (χ3v) is 6.03. The molecular formula is C25H24N2O3S. The normalized spacial score (nSPS) is 13.8. The monoisotopic (exact) mass is 432 g/mol. The third kappa shape index (κ3) is 4.11. The van der Waals surface area contributed by atoms with Crippen LogP contribution in [-0.2, 0) is 16.1 Å². The van der Waals surface area contributed by atoms with Gasteiger partial charge >= 0.3 is 0 Å². The Morgan fingerprint density at radius 3 is 2.26 bits per heavy atom. The molecule has 1 aliphatic rings. The van der Waals surface area contributed by atoms with Gasteiger partial charge in [0.25, 0.3) is 11.8 Å². The maximum atomic E-state index is 13.6. The van der Waals surface area contributed by atoms with E-state index in [-0.39, 0.29) is 11.8 Å². The quantitative estimate of drug-likeness (QED) is 0.473. The number of hydrogen-bond acceptors (Lipinski definition) is 5. The predicted molar refractivity (Wildman–Crippen MR) is 124 cm³/mol. The number of imide groups is 1. The van der Waals surface area contributed by atoms with Crippen molar-refractivity contribution in [2.75, 3.05) is 18.1 Å². The van der Waals surface area contributed by atoms with Crippen LogP contribution in [0.25, 0.3) is 5.57 Å². The molecule has 0 saturated carbocycles. The van der Waals surface area contributed by atoms with Crippen molar-refractivity contribution < 1.29 is 14.3 Å². The fourth-order valence-corrected chi connectivity index (χ4v) is 4.46. The first-order valence-electron chi connectivity index (χ1n) is 10.3. The van der Waals surface area contributed by atoms with Crippen molar-refractivity contribution in [2.24, 2.45) is 0 Å². The molecule has 0 saturated heterocycles. The lowest BCUT2D eigenvalue weighted by molar-refractivity contribution is -0.120. The number of carbonyl (C=O) groups is 2. The fraction of sp³-hybridized carbons (Fsp3) is 0.200. The number of anilines is 1. The van der Waals surface area contributed by atoms with Gasteiger partial charge in [0.05, 0.1) is 17.9 Å². The Morgan fingerprint density at radius 2 is 1.65 bits per heavy atom. The largest absolute Gasteiger partial charge is 0.494 e. The van der Waals surface area contributed by atoms with E-state index < -0.39 is 0 Å². The average Bonchev–Trinajstić information content (AvgIpc) is 3.40. The van der Waals surface area contributed by atoms with E-state index in [9.17, 15) is 9.59 Å². The van der Waals surface area contributed by atoms with E-state index in [1.807, 2.05) is 66.6 Å². The summed E-state index contributed by atoms with van der Waals surface area (Å²) in [4.78, 5) is 31.2. The van der Waals surface area contributed by atoms with Crippen molar-refractivity contribution in [3.63, 3.8) is 0 Å². The maximum absolute atomic E-state index is 13.6. The minimum absolute atomic E-state index is 0.293. The molecule has 0 spiro atoms. The van der Waals surface area contributed by atoms with Gasteiger partial charge in [-0.3, -0.25) is 9.59 Å². The first-order valence-corrected chi connectivity index (χ1v) is 11.2. The van der Waals surface area contributed by atoms with Crippen LogP contribution in [0.15, 0.2) is 77.8 Å². The summed E-state index contributed by atoms with van der Waals surface area (Å²) < 4.78 is 5.49. The van der Waals surface area contributed by atoms with Crippen molar-refractivity contribution in [3.8, 4) is 5.75 Å². The Balaban J connectivity index is 1.74. The second-order valence-corrected chi connectivity index (χ2v) is 8.02. The highest BCUT2D eigenvalue weighted by molar-refractivity contribution is 7.11. The minimum atomic E-state index is -0.296. The summed E-state index contributed by atoms with van der Waals surface area (Å²) in [5.41, 5.74) is 2.54. The van der Waals surface area contributed by atoms with Crippen LogP contribution in [0.4, 0.5) is 5.69 Å². The van der Waals surface area contributed by atoms with Gasteiger partial charge in [-0.05, 0) is 55.1 Å². The van der Waals surface area contributed by atoms with E-state index in [1.54, 1.807) is 24.3 Å². The van der Waals surface area contributed by atoms with Crippen LogP contribution in [0, 0.1) is 0 Å². The average molecular weight is 433 g/mol. The Morgan fingerprint density at radius 1 is 0.903 bits per heavy atom. The SMILES string of the molecule is CCOc1ccc(N2C(=O)C(c3cccs3)=C(N(CC)Cc3ccccc3)C2=O)cc1. The maximum Gasteiger partial charge on any atom is 0.282 e. The lowest BCUT2D eigenvalue weighted by atomic mass is 10.1. The van der Waals surface area contributed by atoms with Crippen molar-refractivity contribution in [2.45, 2.75) is 20.4 Å². The molecule has 0 aliphatic carbocycles. The third-order valence-electron chi connectivity index (χ3n) is 5.15. The molecule has 4 rings (SSSR count). The second-order valence-electron chi connectivity index (χ2n) is 7.07. The van der Waals surface area contributed by atoms with Crippen LogP contribution in [0.5, 0.6) is 5.75 Å². The Kier molecular flexibility index (Phi) is 6.18. The highest BCUT2D eigenvalue weighted by atomic mass is 32.1. The molecule has 2 heterocycles. The molecule has 0 unspecified atom stereocenters. The van der Waals surface area contributed by atoms with Gasteiger partial charge in [-0.2, -0.15) is 0 Å². The standard InChI is InChI=1S/C25H24N2O3S/c1-3-26(17-18-9-6-5-7-10-18)23-22(21-11-8-16-31-21)24(28)27(25(23)29)19-12-14-20(15-13-19)30-4-2/h5-16H,3-4,17H2,1-2H3. The summed E-state index contributed by atoms with van der Waals surface area (Å²) in [6, 6.07) is 20.8. The molecule has 2 aromatic carbocycles. The van der Waals surface area contributed by atoms with Gasteiger partial charge in [0.1, 0.15) is 11.4 Å². The van der Waals surface area contributed by atoms with Crippen molar-refractivity contribution in [1.82, 2.24) is 4.90 Å². The van der Waals surface area contributed by atoms with E-state index in [0.29, 0.717) is 42.4 Å². The summed E-state index contributed by atoms with van der Waals surface area (Å²) in [6.45, 7) is 5.63. The summed E-state index contributed by atoms with van der Waals surface area (Å²) in [5, 5.41) is 1.92. The number of ether oxygens (including phenoxy) is 1. The van der Waals surface area contributed by atoms with Gasteiger partial charge < -0.3 is 9.64 Å². The van der Waals surface area contributed by atoms with Crippen molar-refractivity contribution >= 4 is 34.4 Å². The van der Waals surface area contributed by atoms with Crippen LogP contribution in [0.2, 0.25) is 0 Å². The molecule has 0 radical (unpaired) electrons. The molecule has 0 bridgehead atoms. The molecule has 6 heteroatoms. The lowest BCUT2D eigenvalue weighted by Crippen LogP contribution is -2.35. The van der Waals surface area contributed by atoms with Crippen LogP contribution in [-0.4, -0.2) is 29.9 Å². The Labute approximate surface area is 186 Å². The van der Waals surface area contributed by atoms with Crippen molar-refractivity contribution in [1.29, 1.82) is 0 Å². The van der Waals surface area contributed by atoms with E-state index in [2.05, 4.69) is 0 Å². The number of likely N-dealkylation sites (N-methyl/N-ethyl adjacent to an activating group) is 1. The second kappa shape index (κ2) is 9.18. The van der Waals surface area contributed by atoms with Gasteiger partial charge in [-0.25, -0.2) is 4.90 Å². The van der Waals surface area contributed by atoms with Gasteiger partial charge in [0, 0.05) is 18.0 Å². The first-order chi connectivity index (χ1) is 15.1. The molecule has 0 N–H and O–H groups in total. The number of carbonyl (C=O) groups excluding carboxylic acids is 2. The number of hydrogen-bond donors (Lipinski definition) is 0. The highest BCUT2D eigenvalue weighted by Gasteiger charge is 2.42. The summed E-state index contributed by atoms with van der Waals surface area (Å²) >= 11 is 1.47. The molecule has 5 nitrogen and oxygen atoms in total. The van der Waals surface area contributed by atoms with E-state index in [0.717, 1.165) is 10.4 Å². The molecular weight excluding hydrogens is 408 g/mol. The lowest BCUT2D eigenvalue weighted by Gasteiger charge is -2.25. The number of nitrogens with zero attached hydrogens (tertiary/aromatic N) is 2. The van der Waals surface area contributed by atoms with Gasteiger partial charge in [0.2, 0.25) is 0 Å². The number of benzene rings is 2. The van der Waals surface area contributed by atoms with Crippen LogP contribution < -0.4 is 9.64 Å². The Hall–Kier alpha value is -3.38. The minimum Gasteiger partial charge on any atom is -0.494 e. The molecule has 3 aromatic rings. The summed E-state index contributed by atoms with van der Waals surface area (Å²) in [5.74, 6) is 0.115. The zero-order valence-corrected chi connectivity index (χ0v) is 18.4. The molecule has 1 aromatic heterocycles. The smallest absolute Gasteiger partial charge is 0.282 e. The predicted octanol–water partition coefficient (Wildman–Crippen LogP) is 4.95. The van der Waals surface area contributed by atoms with E-state index >= 15 is 0 Å². The van der Waals surface area contributed by atoms with Crippen LogP contribution in [0.3, 0.4) is 0 Å². The Bertz CT molecular complexity index is 1090. The number of thiophene rings is 1. The van der Waals surface area contributed by atoms with E-state index in [1.165, 1.54) is 16.2 Å². The molecule has 1 aliphatic heterocycles. The summed E-state index contributed by atoms with van der Waals surface area (Å²) in [6.07, 6.45) is 0.